The Kier molecular flexibility index (Phi) is 6.41. The van der Waals surface area contributed by atoms with E-state index in [2.05, 4.69) is 69.2 Å². The number of aliphatic imine (C=N–C) groups is 1. The van der Waals surface area contributed by atoms with Crippen molar-refractivity contribution in [2.24, 2.45) is 10.4 Å². The molecule has 2 saturated heterocycles. The maximum absolute atomic E-state index is 4.47. The summed E-state index contributed by atoms with van der Waals surface area (Å²) in [5.41, 5.74) is 1.77. The van der Waals surface area contributed by atoms with Crippen molar-refractivity contribution in [3.05, 3.63) is 30.3 Å². The molecule has 2 aliphatic heterocycles. The summed E-state index contributed by atoms with van der Waals surface area (Å²) >= 11 is 0. The Morgan fingerprint density at radius 1 is 1.08 bits per heavy atom. The fourth-order valence-corrected chi connectivity index (χ4v) is 4.00. The number of piperazine rings is 1. The third-order valence-corrected chi connectivity index (χ3v) is 5.62. The Hall–Kier alpha value is -1.75. The van der Waals surface area contributed by atoms with E-state index in [4.69, 9.17) is 0 Å². The normalized spacial score (nSPS) is 21.3. The van der Waals surface area contributed by atoms with E-state index in [0.29, 0.717) is 5.41 Å². The second kappa shape index (κ2) is 8.76. The van der Waals surface area contributed by atoms with Crippen molar-refractivity contribution in [2.45, 2.75) is 26.7 Å². The lowest BCUT2D eigenvalue weighted by Gasteiger charge is -2.36. The van der Waals surface area contributed by atoms with Crippen LogP contribution in [0.3, 0.4) is 0 Å². The van der Waals surface area contributed by atoms with Crippen molar-refractivity contribution in [3.8, 4) is 0 Å². The van der Waals surface area contributed by atoms with Gasteiger partial charge in [0.05, 0.1) is 0 Å². The summed E-state index contributed by atoms with van der Waals surface area (Å²) in [4.78, 5) is 12.0. The van der Waals surface area contributed by atoms with E-state index in [1.165, 1.54) is 18.5 Å². The summed E-state index contributed by atoms with van der Waals surface area (Å²) < 4.78 is 0. The van der Waals surface area contributed by atoms with Crippen molar-refractivity contribution in [1.82, 2.24) is 15.1 Å². The largest absolute Gasteiger partial charge is 0.369 e. The van der Waals surface area contributed by atoms with Gasteiger partial charge in [-0.15, -0.1) is 0 Å². The first kappa shape index (κ1) is 19.0. The van der Waals surface area contributed by atoms with Crippen LogP contribution in [0.1, 0.15) is 26.7 Å². The number of nitrogens with zero attached hydrogens (tertiary/aromatic N) is 4. The zero-order valence-corrected chi connectivity index (χ0v) is 16.7. The van der Waals surface area contributed by atoms with E-state index in [-0.39, 0.29) is 0 Å². The van der Waals surface area contributed by atoms with E-state index in [1.807, 2.05) is 7.05 Å². The number of hydrogen-bond donors (Lipinski definition) is 1. The van der Waals surface area contributed by atoms with Crippen LogP contribution in [0.25, 0.3) is 0 Å². The summed E-state index contributed by atoms with van der Waals surface area (Å²) in [5.74, 6) is 1.07. The van der Waals surface area contributed by atoms with Gasteiger partial charge in [0.25, 0.3) is 0 Å². The number of nitrogens with one attached hydrogen (secondary N) is 1. The highest BCUT2D eigenvalue weighted by molar-refractivity contribution is 5.80. The first-order valence-electron chi connectivity index (χ1n) is 10.1. The van der Waals surface area contributed by atoms with Crippen LogP contribution in [0.2, 0.25) is 0 Å². The molecule has 0 aliphatic carbocycles. The highest BCUT2D eigenvalue weighted by Crippen LogP contribution is 2.28. The summed E-state index contributed by atoms with van der Waals surface area (Å²) in [6, 6.07) is 10.8. The fraction of sp³-hybridized carbons (Fsp3) is 0.667. The predicted octanol–water partition coefficient (Wildman–Crippen LogP) is 2.51. The van der Waals surface area contributed by atoms with Crippen LogP contribution < -0.4 is 10.2 Å². The number of rotatable bonds is 5. The standard InChI is InChI=1S/C21H35N5/c1-21(2)10-13-26(18-21)20(22-3)23-11-7-12-24-14-16-25(17-15-24)19-8-5-4-6-9-19/h4-6,8-9H,7,10-18H2,1-3H3,(H,22,23). The molecule has 1 N–H and O–H groups in total. The zero-order chi connectivity index (χ0) is 18.4. The lowest BCUT2D eigenvalue weighted by molar-refractivity contribution is 0.255. The third kappa shape index (κ3) is 5.13. The molecule has 0 radical (unpaired) electrons. The number of benzene rings is 1. The molecule has 144 valence electrons. The smallest absolute Gasteiger partial charge is 0.193 e. The van der Waals surface area contributed by atoms with Crippen LogP contribution in [0.4, 0.5) is 5.69 Å². The summed E-state index contributed by atoms with van der Waals surface area (Å²) in [6.07, 6.45) is 2.42. The summed E-state index contributed by atoms with van der Waals surface area (Å²) in [6.45, 7) is 13.6. The van der Waals surface area contributed by atoms with E-state index < -0.39 is 0 Å². The maximum Gasteiger partial charge on any atom is 0.193 e. The molecule has 5 nitrogen and oxygen atoms in total. The molecule has 0 atom stereocenters. The van der Waals surface area contributed by atoms with Crippen molar-refractivity contribution < 1.29 is 0 Å². The van der Waals surface area contributed by atoms with Gasteiger partial charge < -0.3 is 15.1 Å². The molecule has 1 aromatic carbocycles. The quantitative estimate of drug-likeness (QED) is 0.499. The lowest BCUT2D eigenvalue weighted by Crippen LogP contribution is -2.47. The summed E-state index contributed by atoms with van der Waals surface area (Å²) in [5, 5.41) is 3.56. The van der Waals surface area contributed by atoms with Crippen LogP contribution in [-0.2, 0) is 0 Å². The van der Waals surface area contributed by atoms with Gasteiger partial charge in [-0.2, -0.15) is 0 Å². The Morgan fingerprint density at radius 2 is 1.81 bits per heavy atom. The fourth-order valence-electron chi connectivity index (χ4n) is 4.00. The molecule has 3 rings (SSSR count). The topological polar surface area (TPSA) is 34.1 Å². The maximum atomic E-state index is 4.47. The molecular formula is C21H35N5. The molecular weight excluding hydrogens is 322 g/mol. The molecule has 26 heavy (non-hydrogen) atoms. The molecule has 1 aromatic rings. The van der Waals surface area contributed by atoms with E-state index >= 15 is 0 Å². The minimum absolute atomic E-state index is 0.413. The van der Waals surface area contributed by atoms with Gasteiger partial charge >= 0.3 is 0 Å². The monoisotopic (exact) mass is 357 g/mol. The average Bonchev–Trinajstić information content (AvgIpc) is 3.02. The third-order valence-electron chi connectivity index (χ3n) is 5.62. The molecule has 0 amide bonds. The Morgan fingerprint density at radius 3 is 2.42 bits per heavy atom. The highest BCUT2D eigenvalue weighted by atomic mass is 15.3. The number of hydrogen-bond acceptors (Lipinski definition) is 3. The van der Waals surface area contributed by atoms with Gasteiger partial charge in [0, 0.05) is 58.5 Å². The number of anilines is 1. The van der Waals surface area contributed by atoms with Gasteiger partial charge in [0.1, 0.15) is 0 Å². The summed E-state index contributed by atoms with van der Waals surface area (Å²) in [7, 11) is 1.90. The first-order valence-corrected chi connectivity index (χ1v) is 10.1. The molecule has 2 heterocycles. The van der Waals surface area contributed by atoms with Crippen LogP contribution in [0, 0.1) is 5.41 Å². The zero-order valence-electron chi connectivity index (χ0n) is 16.7. The Bertz CT molecular complexity index is 575. The molecule has 5 heteroatoms. The second-order valence-corrected chi connectivity index (χ2v) is 8.33. The van der Waals surface area contributed by atoms with Crippen LogP contribution >= 0.6 is 0 Å². The minimum Gasteiger partial charge on any atom is -0.369 e. The van der Waals surface area contributed by atoms with Crippen molar-refractivity contribution in [2.75, 3.05) is 64.3 Å². The number of para-hydroxylation sites is 1. The van der Waals surface area contributed by atoms with Gasteiger partial charge in [-0.1, -0.05) is 32.0 Å². The molecule has 0 aromatic heterocycles. The number of guanidine groups is 1. The van der Waals surface area contributed by atoms with Crippen LogP contribution in [-0.4, -0.2) is 75.2 Å². The van der Waals surface area contributed by atoms with E-state index in [1.54, 1.807) is 0 Å². The first-order chi connectivity index (χ1) is 12.6. The lowest BCUT2D eigenvalue weighted by atomic mass is 9.93. The van der Waals surface area contributed by atoms with Gasteiger partial charge in [0.15, 0.2) is 5.96 Å². The second-order valence-electron chi connectivity index (χ2n) is 8.33. The number of likely N-dealkylation sites (tertiary alicyclic amines) is 1. The Balaban J connectivity index is 1.33. The van der Waals surface area contributed by atoms with Gasteiger partial charge in [-0.05, 0) is 36.9 Å². The van der Waals surface area contributed by atoms with Gasteiger partial charge in [-0.3, -0.25) is 9.89 Å². The molecule has 0 spiro atoms. The molecule has 2 aliphatic rings. The highest BCUT2D eigenvalue weighted by Gasteiger charge is 2.30. The van der Waals surface area contributed by atoms with Crippen molar-refractivity contribution in [1.29, 1.82) is 0 Å². The molecule has 2 fully saturated rings. The SMILES string of the molecule is CN=C(NCCCN1CCN(c2ccccc2)CC1)N1CCC(C)(C)C1. The molecule has 0 saturated carbocycles. The average molecular weight is 358 g/mol. The van der Waals surface area contributed by atoms with Crippen molar-refractivity contribution >= 4 is 11.6 Å². The molecule has 0 unspecified atom stereocenters. The Labute approximate surface area is 159 Å². The molecule has 0 bridgehead atoms. The predicted molar refractivity (Wildman–Crippen MR) is 111 cm³/mol. The van der Waals surface area contributed by atoms with Gasteiger partial charge in [-0.25, -0.2) is 0 Å². The minimum atomic E-state index is 0.413. The van der Waals surface area contributed by atoms with Crippen LogP contribution in [0.5, 0.6) is 0 Å². The van der Waals surface area contributed by atoms with Gasteiger partial charge in [0.2, 0.25) is 0 Å². The van der Waals surface area contributed by atoms with Crippen LogP contribution in [0.15, 0.2) is 35.3 Å². The van der Waals surface area contributed by atoms with E-state index in [9.17, 15) is 0 Å². The van der Waals surface area contributed by atoms with Crippen molar-refractivity contribution in [3.63, 3.8) is 0 Å². The van der Waals surface area contributed by atoms with E-state index in [0.717, 1.165) is 58.3 Å².